The maximum absolute atomic E-state index is 11.9. The van der Waals surface area contributed by atoms with E-state index < -0.39 is 5.97 Å². The summed E-state index contributed by atoms with van der Waals surface area (Å²) in [4.78, 5) is 33.3. The first-order valence-corrected chi connectivity index (χ1v) is 5.83. The quantitative estimate of drug-likeness (QED) is 0.747. The molecule has 19 heavy (non-hydrogen) atoms. The third kappa shape index (κ3) is 2.56. The Morgan fingerprint density at radius 3 is 2.79 bits per heavy atom. The van der Waals surface area contributed by atoms with Crippen molar-refractivity contribution in [2.75, 3.05) is 42.8 Å². The van der Waals surface area contributed by atoms with Gasteiger partial charge in [0.25, 0.3) is 0 Å². The molecule has 0 unspecified atom stereocenters. The summed E-state index contributed by atoms with van der Waals surface area (Å²) in [6, 6.07) is 0. The van der Waals surface area contributed by atoms with Crippen molar-refractivity contribution < 1.29 is 14.3 Å². The lowest BCUT2D eigenvalue weighted by Crippen LogP contribution is -2.31. The van der Waals surface area contributed by atoms with Crippen molar-refractivity contribution in [3.63, 3.8) is 0 Å². The van der Waals surface area contributed by atoms with Crippen LogP contribution >= 0.6 is 0 Å². The number of nitrogens with zero attached hydrogens (tertiary/aromatic N) is 3. The number of hydrogen-bond acceptors (Lipinski definition) is 7. The number of carbonyl (C=O) groups excluding carboxylic acids is 2. The van der Waals surface area contributed by atoms with Gasteiger partial charge in [-0.05, 0) is 6.92 Å². The van der Waals surface area contributed by atoms with Gasteiger partial charge < -0.3 is 20.3 Å². The van der Waals surface area contributed by atoms with Crippen molar-refractivity contribution >= 4 is 29.3 Å². The second-order valence-corrected chi connectivity index (χ2v) is 4.11. The summed E-state index contributed by atoms with van der Waals surface area (Å²) in [5.74, 6) is -0.0562. The smallest absolute Gasteiger partial charge is 0.359 e. The molecule has 0 atom stereocenters. The summed E-state index contributed by atoms with van der Waals surface area (Å²) in [7, 11) is 3.52. The highest BCUT2D eigenvalue weighted by Crippen LogP contribution is 2.28. The van der Waals surface area contributed by atoms with Crippen molar-refractivity contribution in [2.24, 2.45) is 0 Å². The van der Waals surface area contributed by atoms with E-state index in [4.69, 9.17) is 4.74 Å². The van der Waals surface area contributed by atoms with Gasteiger partial charge in [0.15, 0.2) is 11.5 Å². The van der Waals surface area contributed by atoms with Gasteiger partial charge in [-0.15, -0.1) is 0 Å². The van der Waals surface area contributed by atoms with E-state index in [-0.39, 0.29) is 30.4 Å². The van der Waals surface area contributed by atoms with Crippen LogP contribution in [0.2, 0.25) is 0 Å². The zero-order valence-corrected chi connectivity index (χ0v) is 11.0. The summed E-state index contributed by atoms with van der Waals surface area (Å²) in [5.41, 5.74) is 0.316. The van der Waals surface area contributed by atoms with E-state index in [0.29, 0.717) is 11.8 Å². The SMILES string of the molecule is CCOC(=O)c1nc(N(C)C)nc2c1NC(=O)CN2. The highest BCUT2D eigenvalue weighted by Gasteiger charge is 2.26. The van der Waals surface area contributed by atoms with Gasteiger partial charge >= 0.3 is 5.97 Å². The van der Waals surface area contributed by atoms with Gasteiger partial charge in [0.2, 0.25) is 11.9 Å². The van der Waals surface area contributed by atoms with Crippen LogP contribution in [0.15, 0.2) is 0 Å². The Hall–Kier alpha value is -2.38. The maximum Gasteiger partial charge on any atom is 0.359 e. The van der Waals surface area contributed by atoms with Crippen LogP contribution in [0.3, 0.4) is 0 Å². The van der Waals surface area contributed by atoms with Gasteiger partial charge in [0, 0.05) is 14.1 Å². The van der Waals surface area contributed by atoms with E-state index in [1.165, 1.54) is 0 Å². The first kappa shape index (κ1) is 13.1. The molecule has 0 aliphatic carbocycles. The second kappa shape index (κ2) is 5.09. The minimum Gasteiger partial charge on any atom is -0.461 e. The molecule has 1 amide bonds. The summed E-state index contributed by atoms with van der Waals surface area (Å²) >= 11 is 0. The minimum atomic E-state index is -0.590. The van der Waals surface area contributed by atoms with Crippen LogP contribution < -0.4 is 15.5 Å². The van der Waals surface area contributed by atoms with Crippen molar-refractivity contribution in [3.05, 3.63) is 5.69 Å². The van der Waals surface area contributed by atoms with Gasteiger partial charge in [0.05, 0.1) is 13.2 Å². The minimum absolute atomic E-state index is 0.0519. The normalized spacial score (nSPS) is 13.1. The number of nitrogens with one attached hydrogen (secondary N) is 2. The van der Waals surface area contributed by atoms with E-state index in [1.54, 1.807) is 25.9 Å². The molecule has 1 aliphatic rings. The van der Waals surface area contributed by atoms with Crippen LogP contribution in [0.25, 0.3) is 0 Å². The molecule has 1 aromatic rings. The van der Waals surface area contributed by atoms with Gasteiger partial charge in [-0.3, -0.25) is 4.79 Å². The monoisotopic (exact) mass is 265 g/mol. The van der Waals surface area contributed by atoms with Crippen LogP contribution in [0, 0.1) is 0 Å². The van der Waals surface area contributed by atoms with E-state index in [9.17, 15) is 9.59 Å². The van der Waals surface area contributed by atoms with Crippen LogP contribution in [-0.4, -0.2) is 49.1 Å². The molecule has 0 bridgehead atoms. The van der Waals surface area contributed by atoms with E-state index in [0.717, 1.165) is 0 Å². The molecule has 1 aliphatic heterocycles. The molecular formula is C11H15N5O3. The van der Waals surface area contributed by atoms with E-state index in [2.05, 4.69) is 20.6 Å². The number of fused-ring (bicyclic) bond motifs is 1. The predicted molar refractivity (Wildman–Crippen MR) is 69.4 cm³/mol. The Bertz CT molecular complexity index is 529. The number of aromatic nitrogens is 2. The molecule has 2 rings (SSSR count). The Kier molecular flexibility index (Phi) is 3.50. The molecule has 0 fully saturated rings. The lowest BCUT2D eigenvalue weighted by Gasteiger charge is -2.21. The van der Waals surface area contributed by atoms with Crippen molar-refractivity contribution in [1.82, 2.24) is 9.97 Å². The molecule has 0 spiro atoms. The number of esters is 1. The second-order valence-electron chi connectivity index (χ2n) is 4.11. The molecular weight excluding hydrogens is 250 g/mol. The molecule has 8 nitrogen and oxygen atoms in total. The Labute approximate surface area is 110 Å². The van der Waals surface area contributed by atoms with E-state index in [1.807, 2.05) is 0 Å². The highest BCUT2D eigenvalue weighted by atomic mass is 16.5. The fourth-order valence-corrected chi connectivity index (χ4v) is 1.59. The lowest BCUT2D eigenvalue weighted by atomic mass is 10.2. The third-order valence-corrected chi connectivity index (χ3v) is 2.45. The Balaban J connectivity index is 2.51. The molecule has 0 radical (unpaired) electrons. The fraction of sp³-hybridized carbons (Fsp3) is 0.455. The number of ether oxygens (including phenoxy) is 1. The first-order chi connectivity index (χ1) is 9.02. The summed E-state index contributed by atoms with van der Waals surface area (Å²) in [6.45, 7) is 2.05. The van der Waals surface area contributed by atoms with Gasteiger partial charge in [0.1, 0.15) is 5.69 Å². The lowest BCUT2D eigenvalue weighted by molar-refractivity contribution is -0.114. The average molecular weight is 265 g/mol. The van der Waals surface area contributed by atoms with Gasteiger partial charge in [-0.25, -0.2) is 9.78 Å². The van der Waals surface area contributed by atoms with Gasteiger partial charge in [-0.2, -0.15) is 4.98 Å². The number of carbonyl (C=O) groups is 2. The van der Waals surface area contributed by atoms with Crippen molar-refractivity contribution in [3.8, 4) is 0 Å². The first-order valence-electron chi connectivity index (χ1n) is 5.83. The number of anilines is 3. The fourth-order valence-electron chi connectivity index (χ4n) is 1.59. The molecule has 0 saturated heterocycles. The zero-order chi connectivity index (χ0) is 14.0. The topological polar surface area (TPSA) is 96.4 Å². The molecule has 0 aromatic carbocycles. The van der Waals surface area contributed by atoms with Crippen LogP contribution in [0.5, 0.6) is 0 Å². The molecule has 0 saturated carbocycles. The predicted octanol–water partition coefficient (Wildman–Crippen LogP) is 0.0833. The largest absolute Gasteiger partial charge is 0.461 e. The summed E-state index contributed by atoms with van der Waals surface area (Å²) < 4.78 is 4.94. The Morgan fingerprint density at radius 2 is 2.16 bits per heavy atom. The van der Waals surface area contributed by atoms with E-state index >= 15 is 0 Å². The summed E-state index contributed by atoms with van der Waals surface area (Å²) in [6.07, 6.45) is 0. The van der Waals surface area contributed by atoms with Crippen LogP contribution in [-0.2, 0) is 9.53 Å². The number of rotatable bonds is 3. The van der Waals surface area contributed by atoms with Gasteiger partial charge in [-0.1, -0.05) is 0 Å². The van der Waals surface area contributed by atoms with Crippen LogP contribution in [0.1, 0.15) is 17.4 Å². The highest BCUT2D eigenvalue weighted by molar-refractivity contribution is 6.06. The molecule has 8 heteroatoms. The number of hydrogen-bond donors (Lipinski definition) is 2. The molecule has 2 N–H and O–H groups in total. The Morgan fingerprint density at radius 1 is 1.42 bits per heavy atom. The summed E-state index contributed by atoms with van der Waals surface area (Å²) in [5, 5.41) is 5.44. The molecule has 2 heterocycles. The number of amides is 1. The van der Waals surface area contributed by atoms with Crippen LogP contribution in [0.4, 0.5) is 17.5 Å². The molecule has 102 valence electrons. The van der Waals surface area contributed by atoms with Crippen molar-refractivity contribution in [2.45, 2.75) is 6.92 Å². The molecule has 1 aromatic heterocycles. The zero-order valence-electron chi connectivity index (χ0n) is 11.0. The third-order valence-electron chi connectivity index (χ3n) is 2.45. The maximum atomic E-state index is 11.9. The average Bonchev–Trinajstić information content (AvgIpc) is 2.37. The van der Waals surface area contributed by atoms with Crippen molar-refractivity contribution in [1.29, 1.82) is 0 Å². The standard InChI is InChI=1S/C11H15N5O3/c1-4-19-10(18)8-7-9(12-5-6(17)13-7)15-11(14-8)16(2)3/h4-5H2,1-3H3,(H,13,17)(H,12,14,15).